The third-order valence-corrected chi connectivity index (χ3v) is 6.42. The second-order valence-corrected chi connectivity index (χ2v) is 9.78. The zero-order valence-corrected chi connectivity index (χ0v) is 18.2. The van der Waals surface area contributed by atoms with Crippen LogP contribution in [0.2, 0.25) is 0 Å². The van der Waals surface area contributed by atoms with Crippen LogP contribution < -0.4 is 4.80 Å². The Morgan fingerprint density at radius 1 is 1.11 bits per heavy atom. The number of fused-ring (bicyclic) bond motifs is 1. The van der Waals surface area contributed by atoms with Crippen LogP contribution in [0.5, 0.6) is 0 Å². The molecule has 0 aliphatic rings. The normalized spacial score (nSPS) is 12.5. The fraction of sp³-hybridized carbons (Fsp3) is 0.364. The van der Waals surface area contributed by atoms with Crippen molar-refractivity contribution in [2.45, 2.75) is 57.2 Å². The van der Waals surface area contributed by atoms with E-state index >= 15 is 0 Å². The Labute approximate surface area is 169 Å². The van der Waals surface area contributed by atoms with Crippen LogP contribution in [-0.2, 0) is 6.54 Å². The minimum atomic E-state index is -0.186. The average molecular weight is 399 g/mol. The molecule has 0 aliphatic heterocycles. The number of carbonyl (C=O) groups is 1. The van der Waals surface area contributed by atoms with Crippen LogP contribution in [0.25, 0.3) is 10.2 Å². The van der Waals surface area contributed by atoms with E-state index in [1.807, 2.05) is 24.3 Å². The monoisotopic (exact) mass is 398 g/mol. The Hall–Kier alpha value is -1.85. The number of amides is 1. The predicted molar refractivity (Wildman–Crippen MR) is 117 cm³/mol. The van der Waals surface area contributed by atoms with E-state index in [1.165, 1.54) is 15.2 Å². The van der Waals surface area contributed by atoms with Gasteiger partial charge in [-0.05, 0) is 54.8 Å². The van der Waals surface area contributed by atoms with Gasteiger partial charge >= 0.3 is 0 Å². The number of aryl methyl sites for hydroxylation is 1. The van der Waals surface area contributed by atoms with Gasteiger partial charge in [-0.25, -0.2) is 0 Å². The van der Waals surface area contributed by atoms with E-state index in [4.69, 9.17) is 0 Å². The maximum atomic E-state index is 12.7. The SMILES string of the molecule is CCn1c(=NC(=O)c2ccc(SC(C)C)cc2)sc2cc(C(C)C)ccc21. The molecule has 0 N–H and O–H groups in total. The van der Waals surface area contributed by atoms with Crippen LogP contribution in [0, 0.1) is 0 Å². The van der Waals surface area contributed by atoms with Crippen molar-refractivity contribution in [1.29, 1.82) is 0 Å². The molecule has 27 heavy (non-hydrogen) atoms. The molecule has 1 aromatic heterocycles. The molecule has 0 radical (unpaired) electrons. The molecular formula is C22H26N2OS2. The molecule has 0 spiro atoms. The van der Waals surface area contributed by atoms with Gasteiger partial charge in [0, 0.05) is 22.3 Å². The van der Waals surface area contributed by atoms with Crippen LogP contribution in [0.15, 0.2) is 52.4 Å². The molecule has 2 aromatic carbocycles. The number of thiazole rings is 1. The molecule has 0 bridgehead atoms. The van der Waals surface area contributed by atoms with E-state index in [0.29, 0.717) is 16.7 Å². The summed E-state index contributed by atoms with van der Waals surface area (Å²) in [6.45, 7) is 11.6. The van der Waals surface area contributed by atoms with Crippen molar-refractivity contribution in [2.75, 3.05) is 0 Å². The molecule has 1 amide bonds. The molecule has 3 rings (SSSR count). The van der Waals surface area contributed by atoms with Crippen LogP contribution >= 0.6 is 23.1 Å². The summed E-state index contributed by atoms with van der Waals surface area (Å²) < 4.78 is 3.30. The largest absolute Gasteiger partial charge is 0.317 e. The molecular weight excluding hydrogens is 372 g/mol. The molecule has 142 valence electrons. The molecule has 0 unspecified atom stereocenters. The molecule has 5 heteroatoms. The first-order chi connectivity index (χ1) is 12.9. The van der Waals surface area contributed by atoms with Gasteiger partial charge in [-0.15, -0.1) is 11.8 Å². The quantitative estimate of drug-likeness (QED) is 0.488. The van der Waals surface area contributed by atoms with Gasteiger partial charge in [0.2, 0.25) is 0 Å². The van der Waals surface area contributed by atoms with Crippen LogP contribution in [-0.4, -0.2) is 15.7 Å². The molecule has 3 nitrogen and oxygen atoms in total. The number of benzene rings is 2. The van der Waals surface area contributed by atoms with Crippen molar-refractivity contribution >= 4 is 39.2 Å². The highest BCUT2D eigenvalue weighted by Crippen LogP contribution is 2.24. The highest BCUT2D eigenvalue weighted by molar-refractivity contribution is 7.99. The molecule has 1 heterocycles. The van der Waals surface area contributed by atoms with Gasteiger partial charge in [-0.1, -0.05) is 45.1 Å². The summed E-state index contributed by atoms with van der Waals surface area (Å²) in [4.78, 5) is 19.1. The molecule has 3 aromatic rings. The summed E-state index contributed by atoms with van der Waals surface area (Å²) in [6, 6.07) is 14.3. The summed E-state index contributed by atoms with van der Waals surface area (Å²) in [6.07, 6.45) is 0. The summed E-state index contributed by atoms with van der Waals surface area (Å²) >= 11 is 3.38. The fourth-order valence-corrected chi connectivity index (χ4v) is 4.92. The standard InChI is InChI=1S/C22H26N2OS2/c1-6-24-19-12-9-17(14(2)3)13-20(19)27-22(24)23-21(25)16-7-10-18(11-8-16)26-15(4)5/h7-15H,6H2,1-5H3. The van der Waals surface area contributed by atoms with Crippen molar-refractivity contribution in [1.82, 2.24) is 4.57 Å². The first kappa shape index (κ1) is 19.9. The Bertz CT molecular complexity index is 1010. The average Bonchev–Trinajstić information content (AvgIpc) is 2.97. The predicted octanol–water partition coefficient (Wildman–Crippen LogP) is 6.09. The first-order valence-corrected chi connectivity index (χ1v) is 11.1. The van der Waals surface area contributed by atoms with E-state index < -0.39 is 0 Å². The molecule has 0 fully saturated rings. The van der Waals surface area contributed by atoms with Crippen LogP contribution in [0.1, 0.15) is 56.5 Å². The zero-order valence-electron chi connectivity index (χ0n) is 16.5. The third-order valence-electron chi connectivity index (χ3n) is 4.36. The van der Waals surface area contributed by atoms with E-state index in [0.717, 1.165) is 16.9 Å². The summed E-state index contributed by atoms with van der Waals surface area (Å²) in [5.41, 5.74) is 3.08. The van der Waals surface area contributed by atoms with Crippen molar-refractivity contribution in [3.63, 3.8) is 0 Å². The van der Waals surface area contributed by atoms with Crippen molar-refractivity contribution in [3.8, 4) is 0 Å². The lowest BCUT2D eigenvalue weighted by Crippen LogP contribution is -2.15. The van der Waals surface area contributed by atoms with Crippen LogP contribution in [0.4, 0.5) is 0 Å². The topological polar surface area (TPSA) is 34.4 Å². The van der Waals surface area contributed by atoms with Crippen LogP contribution in [0.3, 0.4) is 0 Å². The lowest BCUT2D eigenvalue weighted by molar-refractivity contribution is 0.0998. The number of hydrogen-bond donors (Lipinski definition) is 0. The van der Waals surface area contributed by atoms with Gasteiger partial charge in [0.05, 0.1) is 10.2 Å². The van der Waals surface area contributed by atoms with Crippen molar-refractivity contribution in [3.05, 3.63) is 58.4 Å². The lowest BCUT2D eigenvalue weighted by Gasteiger charge is -2.05. The number of aromatic nitrogens is 1. The van der Waals surface area contributed by atoms with E-state index in [1.54, 1.807) is 23.1 Å². The Morgan fingerprint density at radius 2 is 1.81 bits per heavy atom. The minimum absolute atomic E-state index is 0.186. The van der Waals surface area contributed by atoms with Gasteiger partial charge in [-0.2, -0.15) is 4.99 Å². The Kier molecular flexibility index (Phi) is 6.22. The lowest BCUT2D eigenvalue weighted by atomic mass is 10.0. The third kappa shape index (κ3) is 4.53. The second kappa shape index (κ2) is 8.44. The Morgan fingerprint density at radius 3 is 2.41 bits per heavy atom. The highest BCUT2D eigenvalue weighted by atomic mass is 32.2. The second-order valence-electron chi connectivity index (χ2n) is 7.12. The molecule has 0 aliphatic carbocycles. The van der Waals surface area contributed by atoms with Gasteiger partial charge in [0.15, 0.2) is 4.80 Å². The molecule has 0 atom stereocenters. The van der Waals surface area contributed by atoms with Gasteiger partial charge < -0.3 is 4.57 Å². The minimum Gasteiger partial charge on any atom is -0.317 e. The summed E-state index contributed by atoms with van der Waals surface area (Å²) in [5.74, 6) is 0.296. The summed E-state index contributed by atoms with van der Waals surface area (Å²) in [5, 5.41) is 0.522. The number of rotatable bonds is 5. The zero-order chi connectivity index (χ0) is 19.6. The van der Waals surface area contributed by atoms with E-state index in [2.05, 4.69) is 62.4 Å². The fourth-order valence-electron chi connectivity index (χ4n) is 2.94. The van der Waals surface area contributed by atoms with Gasteiger partial charge in [0.1, 0.15) is 0 Å². The number of carbonyl (C=O) groups excluding carboxylic acids is 1. The smallest absolute Gasteiger partial charge is 0.279 e. The number of hydrogen-bond acceptors (Lipinski definition) is 3. The first-order valence-electron chi connectivity index (χ1n) is 9.38. The van der Waals surface area contributed by atoms with Gasteiger partial charge in [0.25, 0.3) is 5.91 Å². The Balaban J connectivity index is 1.97. The number of thioether (sulfide) groups is 1. The van der Waals surface area contributed by atoms with Crippen molar-refractivity contribution in [2.24, 2.45) is 4.99 Å². The van der Waals surface area contributed by atoms with Gasteiger partial charge in [-0.3, -0.25) is 4.79 Å². The molecule has 0 saturated carbocycles. The summed E-state index contributed by atoms with van der Waals surface area (Å²) in [7, 11) is 0. The van der Waals surface area contributed by atoms with E-state index in [-0.39, 0.29) is 5.91 Å². The maximum absolute atomic E-state index is 12.7. The highest BCUT2D eigenvalue weighted by Gasteiger charge is 2.10. The maximum Gasteiger partial charge on any atom is 0.279 e. The number of nitrogens with zero attached hydrogens (tertiary/aromatic N) is 2. The van der Waals surface area contributed by atoms with Crippen molar-refractivity contribution < 1.29 is 4.79 Å². The van der Waals surface area contributed by atoms with E-state index in [9.17, 15) is 4.79 Å². The molecule has 0 saturated heterocycles.